The van der Waals surface area contributed by atoms with Crippen LogP contribution in [0.5, 0.6) is 0 Å². The maximum atomic E-state index is 12.3. The van der Waals surface area contributed by atoms with E-state index in [2.05, 4.69) is 4.74 Å². The van der Waals surface area contributed by atoms with Crippen molar-refractivity contribution in [1.29, 1.82) is 0 Å². The molecule has 0 aliphatic carbocycles. The summed E-state index contributed by atoms with van der Waals surface area (Å²) < 4.78 is 9.30. The molecule has 0 amide bonds. The van der Waals surface area contributed by atoms with Crippen molar-refractivity contribution in [2.24, 2.45) is 5.92 Å². The number of hydrogen-bond donors (Lipinski definition) is 1. The van der Waals surface area contributed by atoms with E-state index in [1.54, 1.807) is 0 Å². The Bertz CT molecular complexity index is 767. The number of carbonyl (C=O) groups excluding carboxylic acids is 3. The molecule has 1 N–H and O–H groups in total. The van der Waals surface area contributed by atoms with Crippen LogP contribution in [-0.2, 0) is 23.9 Å². The van der Waals surface area contributed by atoms with Crippen LogP contribution in [0.4, 0.5) is 5.69 Å². The lowest BCUT2D eigenvalue weighted by Crippen LogP contribution is -2.41. The van der Waals surface area contributed by atoms with Gasteiger partial charge in [0.2, 0.25) is 0 Å². The molecule has 0 fully saturated rings. The van der Waals surface area contributed by atoms with Crippen LogP contribution >= 0.6 is 0 Å². The van der Waals surface area contributed by atoms with E-state index in [4.69, 9.17) is 4.74 Å². The lowest BCUT2D eigenvalue weighted by atomic mass is 9.80. The summed E-state index contributed by atoms with van der Waals surface area (Å²) in [7, 11) is 0.936. The van der Waals surface area contributed by atoms with Gasteiger partial charge in [0.25, 0.3) is 5.69 Å². The Morgan fingerprint density at radius 2 is 1.74 bits per heavy atom. The minimum absolute atomic E-state index is 0.0177. The molecule has 0 radical (unpaired) electrons. The zero-order valence-electron chi connectivity index (χ0n) is 14.8. The lowest BCUT2D eigenvalue weighted by molar-refractivity contribution is -0.726. The van der Waals surface area contributed by atoms with E-state index in [9.17, 15) is 34.9 Å². The number of ether oxygens (including phenoxy) is 2. The third-order valence-electron chi connectivity index (χ3n) is 3.67. The first-order valence-electron chi connectivity index (χ1n) is 7.68. The van der Waals surface area contributed by atoms with E-state index in [0.717, 1.165) is 38.3 Å². The third-order valence-corrected chi connectivity index (χ3v) is 3.67. The molecule has 0 bridgehead atoms. The fourth-order valence-electron chi connectivity index (χ4n) is 2.51. The van der Waals surface area contributed by atoms with Gasteiger partial charge in [0, 0.05) is 17.0 Å². The Labute approximate surface area is 153 Å². The monoisotopic (exact) mass is 382 g/mol. The van der Waals surface area contributed by atoms with Gasteiger partial charge in [-0.1, -0.05) is 12.1 Å². The molecular formula is C16H18N2O9. The Hall–Kier alpha value is -3.50. The smallest absolute Gasteiger partial charge is 0.405 e. The highest BCUT2D eigenvalue weighted by atomic mass is 16.8. The number of carbonyl (C=O) groups is 3. The molecule has 0 aliphatic heterocycles. The number of nitro benzene ring substituents is 1. The van der Waals surface area contributed by atoms with Crippen LogP contribution in [-0.4, -0.2) is 52.2 Å². The van der Waals surface area contributed by atoms with E-state index >= 15 is 0 Å². The number of non-ortho nitro benzene ring substituents is 1. The van der Waals surface area contributed by atoms with Crippen LogP contribution in [0, 0.1) is 21.2 Å². The molecule has 0 aromatic heterocycles. The summed E-state index contributed by atoms with van der Waals surface area (Å²) in [5.41, 5.74) is -1.22. The number of benzene rings is 1. The molecule has 11 nitrogen and oxygen atoms in total. The summed E-state index contributed by atoms with van der Waals surface area (Å²) in [6.45, 7) is 2.46. The second-order valence-electron chi connectivity index (χ2n) is 5.32. The van der Waals surface area contributed by atoms with E-state index in [-0.39, 0.29) is 17.9 Å². The molecular weight excluding hydrogens is 364 g/mol. The quantitative estimate of drug-likeness (QED) is 0.131. The summed E-state index contributed by atoms with van der Waals surface area (Å²) in [6, 6.07) is 4.44. The van der Waals surface area contributed by atoms with Crippen LogP contribution in [0.25, 0.3) is 0 Å². The topological polar surface area (TPSA) is 159 Å². The molecule has 0 spiro atoms. The predicted octanol–water partition coefficient (Wildman–Crippen LogP) is 0.960. The van der Waals surface area contributed by atoms with Crippen LogP contribution in [0.3, 0.4) is 0 Å². The van der Waals surface area contributed by atoms with E-state index in [1.807, 2.05) is 0 Å². The molecule has 2 atom stereocenters. The van der Waals surface area contributed by atoms with Crippen molar-refractivity contribution in [1.82, 2.24) is 0 Å². The first-order chi connectivity index (χ1) is 12.6. The first-order valence-corrected chi connectivity index (χ1v) is 7.68. The second kappa shape index (κ2) is 9.27. The Balaban J connectivity index is 3.66. The number of nitrogens with zero attached hydrogens (tertiary/aromatic N) is 2. The number of nitro groups is 1. The minimum atomic E-state index is -1.66. The molecule has 0 saturated heterocycles. The average molecular weight is 382 g/mol. The highest BCUT2D eigenvalue weighted by Gasteiger charge is 2.46. The van der Waals surface area contributed by atoms with E-state index < -0.39 is 45.1 Å². The van der Waals surface area contributed by atoms with Gasteiger partial charge in [0.05, 0.1) is 18.6 Å². The molecule has 146 valence electrons. The largest absolute Gasteiger partial charge is 0.465 e. The molecule has 0 heterocycles. The third kappa shape index (κ3) is 5.00. The molecule has 0 saturated carbocycles. The lowest BCUT2D eigenvalue weighted by Gasteiger charge is -2.21. The second-order valence-corrected chi connectivity index (χ2v) is 5.32. The van der Waals surface area contributed by atoms with Crippen molar-refractivity contribution in [2.45, 2.75) is 19.8 Å². The van der Waals surface area contributed by atoms with Gasteiger partial charge in [-0.25, -0.2) is 4.79 Å². The van der Waals surface area contributed by atoms with E-state index in [1.165, 1.54) is 6.92 Å². The van der Waals surface area contributed by atoms with Crippen molar-refractivity contribution >= 4 is 29.1 Å². The first kappa shape index (κ1) is 21.5. The molecule has 1 aromatic carbocycles. The summed E-state index contributed by atoms with van der Waals surface area (Å²) in [6.07, 6.45) is 0. The summed E-state index contributed by atoms with van der Waals surface area (Å²) in [5, 5.41) is 31.8. The molecule has 1 aromatic rings. The standard InChI is InChI=1S/C16H18N2O9/c1-4-27-15(20)12(9(2)19)13(14(18(24)25)16(21)26-3)10-5-7-11(8-6-10)17(22)23/h5-8,12-13H,4H2,1-3H3,(H,24,25). The van der Waals surface area contributed by atoms with E-state index in [0.29, 0.717) is 0 Å². The van der Waals surface area contributed by atoms with Gasteiger partial charge in [-0.05, 0) is 19.4 Å². The summed E-state index contributed by atoms with van der Waals surface area (Å²) >= 11 is 0. The summed E-state index contributed by atoms with van der Waals surface area (Å²) in [4.78, 5) is 45.8. The van der Waals surface area contributed by atoms with Crippen LogP contribution in [0.2, 0.25) is 0 Å². The summed E-state index contributed by atoms with van der Waals surface area (Å²) in [5.74, 6) is -6.32. The molecule has 27 heavy (non-hydrogen) atoms. The zero-order valence-corrected chi connectivity index (χ0v) is 14.8. The number of rotatable bonds is 8. The number of ketones is 1. The van der Waals surface area contributed by atoms with Gasteiger partial charge in [0.1, 0.15) is 17.6 Å². The normalized spacial score (nSPS) is 13.7. The molecule has 2 unspecified atom stereocenters. The maximum Gasteiger partial charge on any atom is 0.405 e. The molecule has 1 rings (SSSR count). The number of Topliss-reactive ketones (excluding diaryl/α,β-unsaturated/α-hetero) is 1. The van der Waals surface area contributed by atoms with Gasteiger partial charge >= 0.3 is 17.7 Å². The van der Waals surface area contributed by atoms with Gasteiger partial charge in [0.15, 0.2) is 0 Å². The van der Waals surface area contributed by atoms with Crippen molar-refractivity contribution in [2.75, 3.05) is 13.7 Å². The number of hydrogen-bond acceptors (Lipinski definition) is 9. The number of methoxy groups -OCH3 is 1. The van der Waals surface area contributed by atoms with Crippen LogP contribution < -0.4 is 0 Å². The van der Waals surface area contributed by atoms with Gasteiger partial charge in [-0.2, -0.15) is 0 Å². The Kier molecular flexibility index (Phi) is 7.39. The average Bonchev–Trinajstić information content (AvgIpc) is 2.60. The molecule has 0 aliphatic rings. The highest BCUT2D eigenvalue weighted by Crippen LogP contribution is 2.30. The molecule has 11 heteroatoms. The maximum absolute atomic E-state index is 12.3. The Morgan fingerprint density at radius 1 is 1.19 bits per heavy atom. The highest BCUT2D eigenvalue weighted by molar-refractivity contribution is 6.37. The van der Waals surface area contributed by atoms with Gasteiger partial charge in [-0.3, -0.25) is 24.9 Å². The Morgan fingerprint density at radius 3 is 2.11 bits per heavy atom. The van der Waals surface area contributed by atoms with Crippen molar-refractivity contribution in [3.63, 3.8) is 0 Å². The zero-order chi connectivity index (χ0) is 20.7. The minimum Gasteiger partial charge on any atom is -0.465 e. The van der Waals surface area contributed by atoms with Crippen molar-refractivity contribution in [3.8, 4) is 0 Å². The number of esters is 2. The SMILES string of the molecule is CCOC(=O)C(C(C)=O)C(/C(C(=O)OC)=[N+](/[O-])O)c1ccc([N+](=O)[O-])cc1. The fourth-order valence-corrected chi connectivity index (χ4v) is 2.51. The van der Waals surface area contributed by atoms with Crippen molar-refractivity contribution in [3.05, 3.63) is 45.2 Å². The van der Waals surface area contributed by atoms with Gasteiger partial charge < -0.3 is 14.7 Å². The van der Waals surface area contributed by atoms with Gasteiger partial charge in [-0.15, -0.1) is 0 Å². The fraction of sp³-hybridized carbons (Fsp3) is 0.375. The van der Waals surface area contributed by atoms with Crippen LogP contribution in [0.15, 0.2) is 24.3 Å². The predicted molar refractivity (Wildman–Crippen MR) is 89.1 cm³/mol. The van der Waals surface area contributed by atoms with Crippen LogP contribution in [0.1, 0.15) is 25.3 Å². The van der Waals surface area contributed by atoms with Crippen molar-refractivity contribution < 1.29 is 38.9 Å².